The van der Waals surface area contributed by atoms with E-state index in [0.717, 1.165) is 50.0 Å². The Morgan fingerprint density at radius 1 is 0.759 bits per heavy atom. The second kappa shape index (κ2) is 6.91. The van der Waals surface area contributed by atoms with Gasteiger partial charge in [0.1, 0.15) is 17.0 Å². The van der Waals surface area contributed by atoms with Crippen molar-refractivity contribution >= 4 is 27.6 Å². The molecule has 0 bridgehead atoms. The molecule has 0 aliphatic carbocycles. The molecule has 0 amide bonds. The van der Waals surface area contributed by atoms with Crippen LogP contribution < -0.4 is 10.5 Å². The average Bonchev–Trinajstić information content (AvgIpc) is 2.74. The van der Waals surface area contributed by atoms with Gasteiger partial charge in [-0.25, -0.2) is 4.98 Å². The number of benzene rings is 3. The van der Waals surface area contributed by atoms with Gasteiger partial charge in [-0.3, -0.25) is 4.98 Å². The monoisotopic (exact) mass is 377 g/mol. The number of ether oxygens (including phenoxy) is 1. The number of hydrogen-bond donors (Lipinski definition) is 1. The Balaban J connectivity index is 1.55. The maximum atomic E-state index is 6.16. The van der Waals surface area contributed by atoms with E-state index in [1.807, 2.05) is 66.9 Å². The minimum atomic E-state index is 0.455. The molecule has 0 atom stereocenters. The first-order valence-corrected chi connectivity index (χ1v) is 9.46. The number of hydrogen-bond acceptors (Lipinski definition) is 4. The zero-order valence-corrected chi connectivity index (χ0v) is 16.0. The molecule has 0 aliphatic rings. The molecule has 5 rings (SSSR count). The second-order valence-corrected chi connectivity index (χ2v) is 7.08. The van der Waals surface area contributed by atoms with Gasteiger partial charge >= 0.3 is 0 Å². The summed E-state index contributed by atoms with van der Waals surface area (Å²) in [7, 11) is 0. The third-order valence-electron chi connectivity index (χ3n) is 4.98. The van der Waals surface area contributed by atoms with E-state index in [4.69, 9.17) is 10.5 Å². The zero-order chi connectivity index (χ0) is 19.8. The van der Waals surface area contributed by atoms with Crippen molar-refractivity contribution < 1.29 is 4.74 Å². The van der Waals surface area contributed by atoms with Crippen LogP contribution in [0.5, 0.6) is 11.5 Å². The molecule has 140 valence electrons. The third kappa shape index (κ3) is 3.25. The number of nitrogens with zero attached hydrogens (tertiary/aromatic N) is 2. The lowest BCUT2D eigenvalue weighted by atomic mass is 10.0. The van der Waals surface area contributed by atoms with Gasteiger partial charge in [0.15, 0.2) is 5.82 Å². The predicted octanol–water partition coefficient (Wildman–Crippen LogP) is 6.13. The van der Waals surface area contributed by atoms with Crippen LogP contribution in [0.4, 0.5) is 5.82 Å². The summed E-state index contributed by atoms with van der Waals surface area (Å²) in [6, 6.07) is 26.1. The number of aryl methyl sites for hydroxylation is 1. The van der Waals surface area contributed by atoms with Crippen molar-refractivity contribution in [3.05, 3.63) is 90.6 Å². The van der Waals surface area contributed by atoms with E-state index in [0.29, 0.717) is 5.82 Å². The number of fused-ring (bicyclic) bond motifs is 3. The first-order chi connectivity index (χ1) is 14.2. The number of nitrogens with two attached hydrogens (primary N) is 1. The highest BCUT2D eigenvalue weighted by Gasteiger charge is 2.10. The molecular weight excluding hydrogens is 358 g/mol. The summed E-state index contributed by atoms with van der Waals surface area (Å²) in [6.07, 6.45) is 1.84. The van der Waals surface area contributed by atoms with Crippen molar-refractivity contribution in [3.63, 3.8) is 0 Å². The molecule has 29 heavy (non-hydrogen) atoms. The number of anilines is 1. The van der Waals surface area contributed by atoms with Gasteiger partial charge in [0.2, 0.25) is 0 Å². The molecule has 3 aromatic carbocycles. The normalized spacial score (nSPS) is 11.1. The fourth-order valence-corrected chi connectivity index (χ4v) is 3.52. The van der Waals surface area contributed by atoms with Crippen molar-refractivity contribution in [2.24, 2.45) is 0 Å². The van der Waals surface area contributed by atoms with Gasteiger partial charge in [-0.2, -0.15) is 0 Å². The van der Waals surface area contributed by atoms with Crippen LogP contribution in [0, 0.1) is 6.92 Å². The molecule has 0 saturated heterocycles. The van der Waals surface area contributed by atoms with E-state index in [1.54, 1.807) is 0 Å². The summed E-state index contributed by atoms with van der Waals surface area (Å²) in [4.78, 5) is 9.12. The van der Waals surface area contributed by atoms with E-state index in [1.165, 1.54) is 0 Å². The Bertz CT molecular complexity index is 1330. The molecule has 2 aromatic heterocycles. The number of rotatable bonds is 3. The Morgan fingerprint density at radius 3 is 2.31 bits per heavy atom. The summed E-state index contributed by atoms with van der Waals surface area (Å²) in [6.45, 7) is 2.05. The lowest BCUT2D eigenvalue weighted by Gasteiger charge is -2.10. The maximum Gasteiger partial charge on any atom is 0.150 e. The van der Waals surface area contributed by atoms with Gasteiger partial charge in [-0.1, -0.05) is 42.5 Å². The van der Waals surface area contributed by atoms with Gasteiger partial charge in [-0.15, -0.1) is 0 Å². The third-order valence-corrected chi connectivity index (χ3v) is 4.98. The highest BCUT2D eigenvalue weighted by atomic mass is 16.5. The van der Waals surface area contributed by atoms with Crippen molar-refractivity contribution in [1.82, 2.24) is 9.97 Å². The van der Waals surface area contributed by atoms with Crippen molar-refractivity contribution in [1.29, 1.82) is 0 Å². The van der Waals surface area contributed by atoms with Crippen molar-refractivity contribution in [2.75, 3.05) is 5.73 Å². The van der Waals surface area contributed by atoms with Crippen LogP contribution in [0.15, 0.2) is 85.1 Å². The van der Waals surface area contributed by atoms with Crippen LogP contribution in [0.2, 0.25) is 0 Å². The maximum absolute atomic E-state index is 6.16. The molecular formula is C25H19N3O. The van der Waals surface area contributed by atoms with Crippen LogP contribution in [0.25, 0.3) is 32.9 Å². The predicted molar refractivity (Wildman–Crippen MR) is 118 cm³/mol. The summed E-state index contributed by atoms with van der Waals surface area (Å²) >= 11 is 0. The Kier molecular flexibility index (Phi) is 4.10. The Hall–Kier alpha value is -3.92. The van der Waals surface area contributed by atoms with Gasteiger partial charge in [0, 0.05) is 22.5 Å². The van der Waals surface area contributed by atoms with Crippen molar-refractivity contribution in [2.45, 2.75) is 6.92 Å². The van der Waals surface area contributed by atoms with E-state index < -0.39 is 0 Å². The van der Waals surface area contributed by atoms with Gasteiger partial charge in [-0.05, 0) is 54.4 Å². The van der Waals surface area contributed by atoms with Crippen molar-refractivity contribution in [3.8, 4) is 22.6 Å². The molecule has 4 nitrogen and oxygen atoms in total. The molecule has 0 saturated carbocycles. The number of para-hydroxylation sites is 1. The lowest BCUT2D eigenvalue weighted by Crippen LogP contribution is -1.96. The Morgan fingerprint density at radius 2 is 1.52 bits per heavy atom. The molecule has 0 radical (unpaired) electrons. The number of nitrogen functional groups attached to an aromatic ring is 1. The highest BCUT2D eigenvalue weighted by Crippen LogP contribution is 2.31. The van der Waals surface area contributed by atoms with Gasteiger partial charge in [0.25, 0.3) is 0 Å². The number of pyridine rings is 2. The minimum Gasteiger partial charge on any atom is -0.457 e. The van der Waals surface area contributed by atoms with E-state index in [2.05, 4.69) is 35.1 Å². The molecule has 0 spiro atoms. The fourth-order valence-electron chi connectivity index (χ4n) is 3.52. The van der Waals surface area contributed by atoms with Crippen LogP contribution in [-0.4, -0.2) is 9.97 Å². The summed E-state index contributed by atoms with van der Waals surface area (Å²) in [5.74, 6) is 2.07. The first kappa shape index (κ1) is 17.2. The summed E-state index contributed by atoms with van der Waals surface area (Å²) < 4.78 is 5.88. The smallest absolute Gasteiger partial charge is 0.150 e. The van der Waals surface area contributed by atoms with Crippen LogP contribution in [0.1, 0.15) is 5.56 Å². The molecule has 4 heteroatoms. The van der Waals surface area contributed by atoms with E-state index >= 15 is 0 Å². The average molecular weight is 377 g/mol. The fraction of sp³-hybridized carbons (Fsp3) is 0.0400. The molecule has 2 N–H and O–H groups in total. The highest BCUT2D eigenvalue weighted by molar-refractivity contribution is 6.09. The van der Waals surface area contributed by atoms with E-state index in [-0.39, 0.29) is 0 Å². The minimum absolute atomic E-state index is 0.455. The Labute approximate surface area is 168 Å². The first-order valence-electron chi connectivity index (χ1n) is 9.46. The second-order valence-electron chi connectivity index (χ2n) is 7.08. The lowest BCUT2D eigenvalue weighted by molar-refractivity contribution is 0.483. The number of aromatic nitrogens is 2. The SMILES string of the molecule is Cc1ccc2c(c1)nc(N)c1ncc(-c3ccc(Oc4ccccc4)cc3)cc12. The van der Waals surface area contributed by atoms with Gasteiger partial charge in [0.05, 0.1) is 5.52 Å². The standard InChI is InChI=1S/C25H19N3O/c1-16-7-12-21-22-14-18(15-27-24(22)25(26)28-23(21)13-16)17-8-10-20(11-9-17)29-19-5-3-2-4-6-19/h2-15H,1H3,(H2,26,28). The topological polar surface area (TPSA) is 61.0 Å². The summed E-state index contributed by atoms with van der Waals surface area (Å²) in [5, 5.41) is 2.06. The van der Waals surface area contributed by atoms with E-state index in [9.17, 15) is 0 Å². The zero-order valence-electron chi connectivity index (χ0n) is 16.0. The molecule has 5 aromatic rings. The molecule has 2 heterocycles. The van der Waals surface area contributed by atoms with Crippen LogP contribution in [-0.2, 0) is 0 Å². The van der Waals surface area contributed by atoms with Crippen LogP contribution in [0.3, 0.4) is 0 Å². The molecule has 0 aliphatic heterocycles. The molecule has 0 unspecified atom stereocenters. The van der Waals surface area contributed by atoms with Crippen LogP contribution >= 0.6 is 0 Å². The quantitative estimate of drug-likeness (QED) is 0.384. The summed E-state index contributed by atoms with van der Waals surface area (Å²) in [5.41, 5.74) is 11.0. The largest absolute Gasteiger partial charge is 0.457 e. The van der Waals surface area contributed by atoms with Gasteiger partial charge < -0.3 is 10.5 Å². The molecule has 0 fully saturated rings.